The average Bonchev–Trinajstić information content (AvgIpc) is 2.21. The van der Waals surface area contributed by atoms with Gasteiger partial charge in [-0.1, -0.05) is 26.2 Å². The van der Waals surface area contributed by atoms with Crippen molar-refractivity contribution in [2.45, 2.75) is 50.5 Å². The summed E-state index contributed by atoms with van der Waals surface area (Å²) in [5.41, 5.74) is 0. The van der Waals surface area contributed by atoms with Crippen molar-refractivity contribution in [3.63, 3.8) is 0 Å². The van der Waals surface area contributed by atoms with Crippen molar-refractivity contribution in [1.29, 1.82) is 5.26 Å². The van der Waals surface area contributed by atoms with Crippen LogP contribution < -0.4 is 0 Å². The highest BCUT2D eigenvalue weighted by Crippen LogP contribution is 2.22. The van der Waals surface area contributed by atoms with Crippen molar-refractivity contribution in [3.05, 3.63) is 0 Å². The number of unbranched alkanes of at least 4 members (excludes halogenated alkanes) is 2. The summed E-state index contributed by atoms with van der Waals surface area (Å²) in [6.45, 7) is 1.92. The monoisotopic (exact) mass is 271 g/mol. The van der Waals surface area contributed by atoms with Crippen LogP contribution in [0.3, 0.4) is 0 Å². The summed E-state index contributed by atoms with van der Waals surface area (Å²) >= 11 is 0. The predicted octanol–water partition coefficient (Wildman–Crippen LogP) is 2.83. The van der Waals surface area contributed by atoms with Gasteiger partial charge >= 0.3 is 6.18 Å². The largest absolute Gasteiger partial charge is 0.390 e. The molecular weight excluding hydrogens is 255 g/mol. The van der Waals surface area contributed by atoms with Gasteiger partial charge < -0.3 is 0 Å². The first kappa shape index (κ1) is 16.2. The molecule has 0 N–H and O–H groups in total. The molecule has 3 nitrogen and oxygen atoms in total. The van der Waals surface area contributed by atoms with E-state index in [4.69, 9.17) is 5.26 Å². The highest BCUT2D eigenvalue weighted by molar-refractivity contribution is 7.92. The molecule has 7 heteroatoms. The maximum absolute atomic E-state index is 11.9. The van der Waals surface area contributed by atoms with Crippen molar-refractivity contribution in [2.75, 3.05) is 5.75 Å². The SMILES string of the molecule is CCCCCC(C#N)S(=O)(=O)CCC(F)(F)F. The maximum atomic E-state index is 11.9. The zero-order valence-electron chi connectivity index (χ0n) is 9.63. The Morgan fingerprint density at radius 2 is 1.88 bits per heavy atom. The number of hydrogen-bond donors (Lipinski definition) is 0. The Hall–Kier alpha value is -0.770. The van der Waals surface area contributed by atoms with Gasteiger partial charge in [-0.05, 0) is 6.42 Å². The molecule has 0 saturated carbocycles. The molecule has 0 heterocycles. The van der Waals surface area contributed by atoms with Crippen LogP contribution in [0.5, 0.6) is 0 Å². The van der Waals surface area contributed by atoms with E-state index in [1.807, 2.05) is 6.92 Å². The molecule has 0 aromatic heterocycles. The first-order valence-electron chi connectivity index (χ1n) is 5.41. The lowest BCUT2D eigenvalue weighted by Crippen LogP contribution is -2.25. The molecule has 0 aliphatic heterocycles. The molecule has 0 bridgehead atoms. The van der Waals surface area contributed by atoms with Gasteiger partial charge in [-0.25, -0.2) is 8.42 Å². The summed E-state index contributed by atoms with van der Waals surface area (Å²) in [5, 5.41) is 7.37. The van der Waals surface area contributed by atoms with Gasteiger partial charge in [0, 0.05) is 0 Å². The number of nitriles is 1. The van der Waals surface area contributed by atoms with Gasteiger partial charge in [-0.2, -0.15) is 18.4 Å². The van der Waals surface area contributed by atoms with Crippen LogP contribution >= 0.6 is 0 Å². The quantitative estimate of drug-likeness (QED) is 0.669. The van der Waals surface area contributed by atoms with E-state index in [0.29, 0.717) is 6.42 Å². The van der Waals surface area contributed by atoms with Crippen LogP contribution in [0.15, 0.2) is 0 Å². The normalized spacial score (nSPS) is 14.3. The summed E-state index contributed by atoms with van der Waals surface area (Å²) < 4.78 is 58.7. The van der Waals surface area contributed by atoms with Crippen LogP contribution in [0.25, 0.3) is 0 Å². The minimum atomic E-state index is -4.50. The molecule has 17 heavy (non-hydrogen) atoms. The van der Waals surface area contributed by atoms with Gasteiger partial charge in [-0.3, -0.25) is 0 Å². The maximum Gasteiger partial charge on any atom is 0.390 e. The van der Waals surface area contributed by atoms with Crippen molar-refractivity contribution in [3.8, 4) is 6.07 Å². The van der Waals surface area contributed by atoms with Gasteiger partial charge in [-0.15, -0.1) is 0 Å². The summed E-state index contributed by atoms with van der Waals surface area (Å²) in [5.74, 6) is -0.999. The third-order valence-electron chi connectivity index (χ3n) is 2.32. The van der Waals surface area contributed by atoms with E-state index in [0.717, 1.165) is 12.8 Å². The van der Waals surface area contributed by atoms with E-state index in [2.05, 4.69) is 0 Å². The predicted molar refractivity (Wildman–Crippen MR) is 58.0 cm³/mol. The third-order valence-corrected chi connectivity index (χ3v) is 4.30. The third kappa shape index (κ3) is 7.21. The van der Waals surface area contributed by atoms with Gasteiger partial charge in [0.1, 0.15) is 5.25 Å². The fourth-order valence-corrected chi connectivity index (χ4v) is 2.79. The Morgan fingerprint density at radius 1 is 1.29 bits per heavy atom. The van der Waals surface area contributed by atoms with E-state index in [-0.39, 0.29) is 6.42 Å². The second-order valence-electron chi connectivity index (χ2n) is 3.85. The van der Waals surface area contributed by atoms with Crippen molar-refractivity contribution in [1.82, 2.24) is 0 Å². The second-order valence-corrected chi connectivity index (χ2v) is 6.15. The van der Waals surface area contributed by atoms with Crippen molar-refractivity contribution in [2.24, 2.45) is 0 Å². The van der Waals surface area contributed by atoms with Gasteiger partial charge in [0.05, 0.1) is 18.2 Å². The van der Waals surface area contributed by atoms with Crippen molar-refractivity contribution >= 4 is 9.84 Å². The Kier molecular flexibility index (Phi) is 6.53. The van der Waals surface area contributed by atoms with E-state index < -0.39 is 33.4 Å². The molecule has 0 radical (unpaired) electrons. The van der Waals surface area contributed by atoms with Crippen molar-refractivity contribution < 1.29 is 21.6 Å². The number of nitrogens with zero attached hydrogens (tertiary/aromatic N) is 1. The van der Waals surface area contributed by atoms with Crippen LogP contribution in [0.4, 0.5) is 13.2 Å². The zero-order valence-corrected chi connectivity index (χ0v) is 10.4. The molecule has 0 aromatic rings. The van der Waals surface area contributed by atoms with Crippen LogP contribution in [0.2, 0.25) is 0 Å². The highest BCUT2D eigenvalue weighted by atomic mass is 32.2. The Morgan fingerprint density at radius 3 is 2.29 bits per heavy atom. The second kappa shape index (κ2) is 6.84. The highest BCUT2D eigenvalue weighted by Gasteiger charge is 2.33. The van der Waals surface area contributed by atoms with Crippen LogP contribution in [0.1, 0.15) is 39.0 Å². The molecule has 0 rings (SSSR count). The molecule has 0 amide bonds. The molecule has 1 unspecified atom stereocenters. The molecule has 0 spiro atoms. The fourth-order valence-electron chi connectivity index (χ4n) is 1.30. The molecule has 0 aliphatic rings. The van der Waals surface area contributed by atoms with Gasteiger partial charge in [0.2, 0.25) is 0 Å². The molecule has 0 aliphatic carbocycles. The van der Waals surface area contributed by atoms with Crippen LogP contribution in [0, 0.1) is 11.3 Å². The smallest absolute Gasteiger partial charge is 0.227 e. The fraction of sp³-hybridized carbons (Fsp3) is 0.900. The van der Waals surface area contributed by atoms with E-state index in [1.165, 1.54) is 0 Å². The molecular formula is C10H16F3NO2S. The zero-order chi connectivity index (χ0) is 13.5. The summed E-state index contributed by atoms with van der Waals surface area (Å²) in [6.07, 6.45) is -3.60. The van der Waals surface area contributed by atoms with E-state index in [1.54, 1.807) is 6.07 Å². The molecule has 0 fully saturated rings. The Labute approximate surface area is 99.5 Å². The minimum absolute atomic E-state index is 0.116. The number of rotatable bonds is 7. The minimum Gasteiger partial charge on any atom is -0.227 e. The average molecular weight is 271 g/mol. The topological polar surface area (TPSA) is 57.9 Å². The lowest BCUT2D eigenvalue weighted by Gasteiger charge is -2.11. The first-order chi connectivity index (χ1) is 7.73. The lowest BCUT2D eigenvalue weighted by molar-refractivity contribution is -0.129. The number of sulfone groups is 1. The van der Waals surface area contributed by atoms with Crippen LogP contribution in [-0.4, -0.2) is 25.6 Å². The van der Waals surface area contributed by atoms with E-state index in [9.17, 15) is 21.6 Å². The summed E-state index contributed by atoms with van der Waals surface area (Å²) in [6, 6.07) is 1.58. The Bertz CT molecular complexity index is 357. The molecule has 100 valence electrons. The molecule has 0 saturated heterocycles. The standard InChI is InChI=1S/C10H16F3NO2S/c1-2-3-4-5-9(8-14)17(15,16)7-6-10(11,12)13/h9H,2-7H2,1H3. The van der Waals surface area contributed by atoms with E-state index >= 15 is 0 Å². The molecule has 1 atom stereocenters. The summed E-state index contributed by atoms with van der Waals surface area (Å²) in [7, 11) is -3.97. The molecule has 0 aromatic carbocycles. The summed E-state index contributed by atoms with van der Waals surface area (Å²) in [4.78, 5) is 0. The lowest BCUT2D eigenvalue weighted by atomic mass is 10.2. The van der Waals surface area contributed by atoms with Gasteiger partial charge in [0.15, 0.2) is 9.84 Å². The first-order valence-corrected chi connectivity index (χ1v) is 7.12. The Balaban J connectivity index is 4.40. The van der Waals surface area contributed by atoms with Crippen LogP contribution in [-0.2, 0) is 9.84 Å². The number of hydrogen-bond acceptors (Lipinski definition) is 3. The number of halogens is 3. The van der Waals surface area contributed by atoms with Gasteiger partial charge in [0.25, 0.3) is 0 Å². The number of alkyl halides is 3.